The minimum Gasteiger partial charge on any atom is -0.506 e. The predicted octanol–water partition coefficient (Wildman–Crippen LogP) is 0.597. The molecular formula is C19H21N5O3. The first-order chi connectivity index (χ1) is 13.2. The summed E-state index contributed by atoms with van der Waals surface area (Å²) in [7, 11) is 0. The number of pyridine rings is 1. The summed E-state index contributed by atoms with van der Waals surface area (Å²) in [6, 6.07) is 8.67. The zero-order valence-corrected chi connectivity index (χ0v) is 14.7. The number of fused-ring (bicyclic) bond motifs is 2. The molecule has 0 amide bonds. The number of rotatable bonds is 7. The van der Waals surface area contributed by atoms with E-state index in [1.807, 2.05) is 12.1 Å². The maximum Gasteiger partial charge on any atom is 0.191 e. The van der Waals surface area contributed by atoms with E-state index >= 15 is 0 Å². The molecule has 4 rings (SSSR count). The van der Waals surface area contributed by atoms with E-state index in [0.717, 1.165) is 16.6 Å². The molecule has 0 saturated heterocycles. The molecule has 8 heteroatoms. The molecule has 0 aliphatic carbocycles. The van der Waals surface area contributed by atoms with Crippen LogP contribution >= 0.6 is 0 Å². The molecule has 0 atom stereocenters. The van der Waals surface area contributed by atoms with Gasteiger partial charge in [-0.25, -0.2) is 4.52 Å². The van der Waals surface area contributed by atoms with Crippen LogP contribution in [-0.2, 0) is 6.54 Å². The lowest BCUT2D eigenvalue weighted by Gasteiger charge is -2.13. The largest absolute Gasteiger partial charge is 0.506 e. The highest BCUT2D eigenvalue weighted by Crippen LogP contribution is 2.40. The minimum atomic E-state index is -0.257. The van der Waals surface area contributed by atoms with Crippen LogP contribution in [0.5, 0.6) is 5.75 Å². The van der Waals surface area contributed by atoms with Crippen LogP contribution in [0, 0.1) is 0 Å². The number of aromatic hydroxyl groups is 1. The van der Waals surface area contributed by atoms with Crippen LogP contribution in [0.4, 0.5) is 5.69 Å². The summed E-state index contributed by atoms with van der Waals surface area (Å²) < 4.78 is 1.71. The van der Waals surface area contributed by atoms with Gasteiger partial charge < -0.3 is 26.6 Å². The van der Waals surface area contributed by atoms with Crippen LogP contribution in [0.1, 0.15) is 5.69 Å². The maximum absolute atomic E-state index is 12.4. The van der Waals surface area contributed by atoms with Crippen molar-refractivity contribution in [3.05, 3.63) is 46.2 Å². The number of nitrogens with one attached hydrogen (secondary N) is 2. The van der Waals surface area contributed by atoms with E-state index in [9.17, 15) is 9.90 Å². The molecule has 0 aliphatic rings. The van der Waals surface area contributed by atoms with Crippen molar-refractivity contribution in [3.63, 3.8) is 0 Å². The average molecular weight is 367 g/mol. The van der Waals surface area contributed by atoms with Gasteiger partial charge in [-0.05, 0) is 24.3 Å². The fourth-order valence-electron chi connectivity index (χ4n) is 3.51. The molecular weight excluding hydrogens is 346 g/mol. The average Bonchev–Trinajstić information content (AvgIpc) is 3.04. The van der Waals surface area contributed by atoms with Crippen molar-refractivity contribution in [1.29, 1.82) is 0 Å². The lowest BCUT2D eigenvalue weighted by molar-refractivity contribution is 0.291. The summed E-state index contributed by atoms with van der Waals surface area (Å²) in [6.07, 6.45) is 0. The van der Waals surface area contributed by atoms with E-state index in [-0.39, 0.29) is 23.2 Å². The van der Waals surface area contributed by atoms with Crippen LogP contribution in [0.2, 0.25) is 0 Å². The molecule has 27 heavy (non-hydrogen) atoms. The molecule has 140 valence electrons. The molecule has 4 aromatic rings. The highest BCUT2D eigenvalue weighted by molar-refractivity contribution is 6.13. The number of anilines is 1. The maximum atomic E-state index is 12.4. The zero-order chi connectivity index (χ0) is 19.0. The van der Waals surface area contributed by atoms with Crippen LogP contribution in [-0.4, -0.2) is 46.1 Å². The summed E-state index contributed by atoms with van der Waals surface area (Å²) in [4.78, 5) is 12.4. The molecule has 0 fully saturated rings. The fraction of sp³-hybridized carbons (Fsp3) is 0.263. The van der Waals surface area contributed by atoms with Gasteiger partial charge in [-0.15, -0.1) is 0 Å². The van der Waals surface area contributed by atoms with Crippen molar-refractivity contribution in [1.82, 2.24) is 14.9 Å². The van der Waals surface area contributed by atoms with E-state index in [4.69, 9.17) is 10.8 Å². The highest BCUT2D eigenvalue weighted by atomic mass is 16.3. The SMILES string of the molecule is NCCNc1ccc2c(CNCCO)nn3c4cccc(=O)c4c(O)c1c23. The lowest BCUT2D eigenvalue weighted by Crippen LogP contribution is -2.17. The second-order valence-electron chi connectivity index (χ2n) is 6.36. The van der Waals surface area contributed by atoms with Gasteiger partial charge in [-0.3, -0.25) is 4.79 Å². The van der Waals surface area contributed by atoms with E-state index in [1.165, 1.54) is 6.07 Å². The van der Waals surface area contributed by atoms with Crippen LogP contribution < -0.4 is 21.8 Å². The Labute approximate surface area is 154 Å². The highest BCUT2D eigenvalue weighted by Gasteiger charge is 2.21. The predicted molar refractivity (Wildman–Crippen MR) is 106 cm³/mol. The van der Waals surface area contributed by atoms with Crippen LogP contribution in [0.3, 0.4) is 0 Å². The number of aromatic nitrogens is 2. The second-order valence-corrected chi connectivity index (χ2v) is 6.36. The third-order valence-electron chi connectivity index (χ3n) is 4.67. The summed E-state index contributed by atoms with van der Waals surface area (Å²) in [6.45, 7) is 1.93. The van der Waals surface area contributed by atoms with E-state index < -0.39 is 0 Å². The molecule has 0 spiro atoms. The Kier molecular flexibility index (Phi) is 4.53. The summed E-state index contributed by atoms with van der Waals surface area (Å²) in [5, 5.41) is 32.7. The molecule has 0 bridgehead atoms. The van der Waals surface area contributed by atoms with Gasteiger partial charge in [0.25, 0.3) is 0 Å². The van der Waals surface area contributed by atoms with Crippen molar-refractivity contribution in [2.75, 3.05) is 31.6 Å². The molecule has 0 radical (unpaired) electrons. The molecule has 2 heterocycles. The molecule has 2 aromatic carbocycles. The number of nitrogens with two attached hydrogens (primary N) is 1. The van der Waals surface area contributed by atoms with Crippen molar-refractivity contribution >= 4 is 32.9 Å². The monoisotopic (exact) mass is 367 g/mol. The summed E-state index contributed by atoms with van der Waals surface area (Å²) >= 11 is 0. The smallest absolute Gasteiger partial charge is 0.191 e. The van der Waals surface area contributed by atoms with Gasteiger partial charge in [0, 0.05) is 37.3 Å². The number of nitrogens with zero attached hydrogens (tertiary/aromatic N) is 2. The lowest BCUT2D eigenvalue weighted by atomic mass is 10.0. The van der Waals surface area contributed by atoms with Crippen molar-refractivity contribution in [2.24, 2.45) is 5.73 Å². The molecule has 2 aromatic heterocycles. The number of benzene rings is 2. The molecule has 8 nitrogen and oxygen atoms in total. The standard InChI is InChI=1S/C19H21N5O3/c20-6-7-22-12-5-4-11-13(10-21-8-9-25)23-24-14-2-1-3-15(26)17(14)19(27)16(12)18(11)24/h1-5,21-22,25,27H,6-10,20H2. The molecule has 0 aliphatic heterocycles. The Morgan fingerprint density at radius 2 is 2.00 bits per heavy atom. The first kappa shape index (κ1) is 17.5. The third kappa shape index (κ3) is 2.74. The number of hydrogen-bond donors (Lipinski definition) is 5. The Bertz CT molecular complexity index is 1170. The van der Waals surface area contributed by atoms with Crippen molar-refractivity contribution in [2.45, 2.75) is 6.54 Å². The number of aliphatic hydroxyl groups excluding tert-OH is 1. The zero-order valence-electron chi connectivity index (χ0n) is 14.7. The Morgan fingerprint density at radius 3 is 2.78 bits per heavy atom. The topological polar surface area (TPSA) is 125 Å². The van der Waals surface area contributed by atoms with Gasteiger partial charge in [0.2, 0.25) is 0 Å². The summed E-state index contributed by atoms with van der Waals surface area (Å²) in [5.74, 6) is -0.0528. The van der Waals surface area contributed by atoms with Gasteiger partial charge in [0.15, 0.2) is 5.43 Å². The quantitative estimate of drug-likeness (QED) is 0.239. The fourth-order valence-corrected chi connectivity index (χ4v) is 3.51. The van der Waals surface area contributed by atoms with Crippen molar-refractivity contribution < 1.29 is 10.2 Å². The molecule has 6 N–H and O–H groups in total. The Balaban J connectivity index is 2.08. The first-order valence-electron chi connectivity index (χ1n) is 8.84. The Hall–Kier alpha value is -2.94. The Morgan fingerprint density at radius 1 is 1.15 bits per heavy atom. The minimum absolute atomic E-state index is 0.0357. The van der Waals surface area contributed by atoms with Gasteiger partial charge in [0.1, 0.15) is 5.75 Å². The van der Waals surface area contributed by atoms with Crippen molar-refractivity contribution in [3.8, 4) is 5.75 Å². The number of hydrogen-bond acceptors (Lipinski definition) is 7. The van der Waals surface area contributed by atoms with Gasteiger partial charge >= 0.3 is 0 Å². The van der Waals surface area contributed by atoms with E-state index in [1.54, 1.807) is 16.6 Å². The van der Waals surface area contributed by atoms with Gasteiger partial charge in [-0.2, -0.15) is 5.10 Å². The summed E-state index contributed by atoms with van der Waals surface area (Å²) in [5.41, 5.74) is 8.13. The van der Waals surface area contributed by atoms with Crippen LogP contribution in [0.15, 0.2) is 35.1 Å². The number of aliphatic hydroxyl groups is 1. The van der Waals surface area contributed by atoms with E-state index in [0.29, 0.717) is 42.8 Å². The molecule has 0 unspecified atom stereocenters. The second kappa shape index (κ2) is 6.99. The molecule has 0 saturated carbocycles. The van der Waals surface area contributed by atoms with E-state index in [2.05, 4.69) is 15.7 Å². The normalized spacial score (nSPS) is 11.8. The van der Waals surface area contributed by atoms with Crippen LogP contribution in [0.25, 0.3) is 27.2 Å². The third-order valence-corrected chi connectivity index (χ3v) is 4.67. The first-order valence-corrected chi connectivity index (χ1v) is 8.84. The van der Waals surface area contributed by atoms with Gasteiger partial charge in [-0.1, -0.05) is 6.07 Å². The van der Waals surface area contributed by atoms with Gasteiger partial charge in [0.05, 0.1) is 34.1 Å².